The van der Waals surface area contributed by atoms with Gasteiger partial charge in [-0.05, 0) is 29.7 Å². The molecule has 1 heterocycles. The molecule has 0 bridgehead atoms. The molecule has 1 aliphatic rings. The summed E-state index contributed by atoms with van der Waals surface area (Å²) >= 11 is 0. The summed E-state index contributed by atoms with van der Waals surface area (Å²) in [5.41, 5.74) is 1.10. The van der Waals surface area contributed by atoms with Crippen molar-refractivity contribution in [1.82, 2.24) is 0 Å². The number of amides is 1. The van der Waals surface area contributed by atoms with E-state index in [0.29, 0.717) is 11.3 Å². The number of carbonyl (C=O) groups excluding carboxylic acids is 1. The average molecular weight is 259 g/mol. The Bertz CT molecular complexity index is 483. The van der Waals surface area contributed by atoms with E-state index in [2.05, 4.69) is 10.1 Å². The van der Waals surface area contributed by atoms with Crippen LogP contribution in [0.3, 0.4) is 0 Å². The van der Waals surface area contributed by atoms with Gasteiger partial charge in [-0.15, -0.1) is 13.2 Å². The lowest BCUT2D eigenvalue weighted by molar-refractivity contribution is -0.274. The largest absolute Gasteiger partial charge is 0.573 e. The molecule has 18 heavy (non-hydrogen) atoms. The van der Waals surface area contributed by atoms with Gasteiger partial charge in [0.25, 0.3) is 0 Å². The minimum absolute atomic E-state index is 0.00684. The van der Waals surface area contributed by atoms with Gasteiger partial charge in [-0.1, -0.05) is 13.8 Å². The number of benzene rings is 1. The van der Waals surface area contributed by atoms with Gasteiger partial charge in [0.1, 0.15) is 5.75 Å². The fraction of sp³-hybridized carbons (Fsp3) is 0.417. The molecule has 0 saturated heterocycles. The van der Waals surface area contributed by atoms with Crippen molar-refractivity contribution in [1.29, 1.82) is 0 Å². The smallest absolute Gasteiger partial charge is 0.406 e. The van der Waals surface area contributed by atoms with E-state index in [1.54, 1.807) is 0 Å². The molecular formula is C12H12F3NO2. The summed E-state index contributed by atoms with van der Waals surface area (Å²) in [6, 6.07) is 3.89. The van der Waals surface area contributed by atoms with Crippen LogP contribution in [0.15, 0.2) is 18.2 Å². The van der Waals surface area contributed by atoms with Crippen LogP contribution in [0.5, 0.6) is 5.75 Å². The Hall–Kier alpha value is -1.72. The van der Waals surface area contributed by atoms with Crippen LogP contribution in [0.25, 0.3) is 0 Å². The number of fused-ring (bicyclic) bond motifs is 1. The van der Waals surface area contributed by atoms with Crippen LogP contribution in [0.2, 0.25) is 0 Å². The van der Waals surface area contributed by atoms with Gasteiger partial charge in [-0.25, -0.2) is 0 Å². The molecule has 0 aliphatic carbocycles. The Morgan fingerprint density at radius 3 is 2.56 bits per heavy atom. The number of alkyl halides is 3. The minimum atomic E-state index is -4.72. The maximum absolute atomic E-state index is 12.1. The monoisotopic (exact) mass is 259 g/mol. The molecule has 0 fully saturated rings. The first-order valence-electron chi connectivity index (χ1n) is 5.48. The summed E-state index contributed by atoms with van der Waals surface area (Å²) in [6.07, 6.45) is -4.72. The molecule has 1 aromatic carbocycles. The van der Waals surface area contributed by atoms with Gasteiger partial charge in [0.2, 0.25) is 5.91 Å². The molecule has 1 atom stereocenters. The summed E-state index contributed by atoms with van der Waals surface area (Å²) in [5, 5.41) is 2.64. The van der Waals surface area contributed by atoms with Crippen LogP contribution < -0.4 is 10.1 Å². The van der Waals surface area contributed by atoms with Gasteiger partial charge in [0.05, 0.1) is 5.92 Å². The van der Waals surface area contributed by atoms with Gasteiger partial charge >= 0.3 is 6.36 Å². The van der Waals surface area contributed by atoms with Gasteiger partial charge in [-0.2, -0.15) is 0 Å². The average Bonchev–Trinajstić information content (AvgIpc) is 2.50. The number of carbonyl (C=O) groups is 1. The first-order chi connectivity index (χ1) is 8.28. The predicted molar refractivity (Wildman–Crippen MR) is 59.3 cm³/mol. The van der Waals surface area contributed by atoms with Crippen LogP contribution in [0.1, 0.15) is 25.3 Å². The van der Waals surface area contributed by atoms with E-state index < -0.39 is 12.3 Å². The molecule has 1 aliphatic heterocycles. The molecule has 1 aromatic rings. The van der Waals surface area contributed by atoms with Gasteiger partial charge in [0.15, 0.2) is 0 Å². The van der Waals surface area contributed by atoms with Crippen molar-refractivity contribution in [3.63, 3.8) is 0 Å². The van der Waals surface area contributed by atoms with E-state index in [9.17, 15) is 18.0 Å². The number of ether oxygens (including phenoxy) is 1. The van der Waals surface area contributed by atoms with Crippen molar-refractivity contribution < 1.29 is 22.7 Å². The second-order valence-electron chi connectivity index (χ2n) is 4.51. The number of anilines is 1. The zero-order valence-electron chi connectivity index (χ0n) is 9.84. The van der Waals surface area contributed by atoms with Crippen molar-refractivity contribution in [3.05, 3.63) is 23.8 Å². The van der Waals surface area contributed by atoms with Crippen LogP contribution in [-0.2, 0) is 4.79 Å². The quantitative estimate of drug-likeness (QED) is 0.885. The number of nitrogens with one attached hydrogen (secondary N) is 1. The highest BCUT2D eigenvalue weighted by atomic mass is 19.4. The zero-order valence-corrected chi connectivity index (χ0v) is 9.84. The molecule has 0 saturated carbocycles. The highest BCUT2D eigenvalue weighted by Crippen LogP contribution is 2.39. The van der Waals surface area contributed by atoms with Crippen molar-refractivity contribution >= 4 is 11.6 Å². The van der Waals surface area contributed by atoms with E-state index in [4.69, 9.17) is 0 Å². The Morgan fingerprint density at radius 1 is 1.33 bits per heavy atom. The van der Waals surface area contributed by atoms with Crippen LogP contribution in [0, 0.1) is 5.92 Å². The molecule has 0 spiro atoms. The first-order valence-corrected chi connectivity index (χ1v) is 5.48. The standard InChI is InChI=1S/C12H12F3NO2/c1-6(2)10-8-5-7(18-12(13,14)15)3-4-9(8)16-11(10)17/h3-6,10H,1-2H3,(H,16,17). The normalized spacial score (nSPS) is 18.8. The van der Waals surface area contributed by atoms with Gasteiger partial charge in [-0.3, -0.25) is 4.79 Å². The highest BCUT2D eigenvalue weighted by molar-refractivity contribution is 6.03. The number of hydrogen-bond acceptors (Lipinski definition) is 2. The Balaban J connectivity index is 2.35. The second kappa shape index (κ2) is 4.19. The molecule has 0 radical (unpaired) electrons. The van der Waals surface area contributed by atoms with Crippen LogP contribution in [-0.4, -0.2) is 12.3 Å². The van der Waals surface area contributed by atoms with Crippen LogP contribution >= 0.6 is 0 Å². The van der Waals surface area contributed by atoms with Crippen LogP contribution in [0.4, 0.5) is 18.9 Å². The molecule has 1 N–H and O–H groups in total. The third kappa shape index (κ3) is 2.42. The fourth-order valence-corrected chi connectivity index (χ4v) is 2.12. The molecule has 2 rings (SSSR count). The van der Waals surface area contributed by atoms with Crippen molar-refractivity contribution in [3.8, 4) is 5.75 Å². The van der Waals surface area contributed by atoms with Crippen molar-refractivity contribution in [2.75, 3.05) is 5.32 Å². The Morgan fingerprint density at radius 2 is 2.00 bits per heavy atom. The van der Waals surface area contributed by atoms with E-state index >= 15 is 0 Å². The van der Waals surface area contributed by atoms with Crippen molar-refractivity contribution in [2.24, 2.45) is 5.92 Å². The van der Waals surface area contributed by atoms with E-state index in [0.717, 1.165) is 0 Å². The second-order valence-corrected chi connectivity index (χ2v) is 4.51. The summed E-state index contributed by atoms with van der Waals surface area (Å²) in [6.45, 7) is 3.69. The predicted octanol–water partition coefficient (Wildman–Crippen LogP) is 3.28. The molecule has 1 amide bonds. The third-order valence-electron chi connectivity index (χ3n) is 2.80. The molecule has 1 unspecified atom stereocenters. The zero-order chi connectivity index (χ0) is 13.5. The van der Waals surface area contributed by atoms with Gasteiger partial charge < -0.3 is 10.1 Å². The van der Waals surface area contributed by atoms with Gasteiger partial charge in [0, 0.05) is 5.69 Å². The SMILES string of the molecule is CC(C)C1C(=O)Nc2ccc(OC(F)(F)F)cc21. The Kier molecular flexibility index (Phi) is 2.96. The topological polar surface area (TPSA) is 38.3 Å². The first kappa shape index (κ1) is 12.7. The number of halogens is 3. The molecule has 3 nitrogen and oxygen atoms in total. The molecule has 98 valence electrons. The lowest BCUT2D eigenvalue weighted by Crippen LogP contribution is -2.18. The Labute approximate surface area is 102 Å². The lowest BCUT2D eigenvalue weighted by atomic mass is 9.90. The van der Waals surface area contributed by atoms with E-state index in [1.165, 1.54) is 18.2 Å². The maximum Gasteiger partial charge on any atom is 0.573 e. The van der Waals surface area contributed by atoms with E-state index in [-0.39, 0.29) is 17.6 Å². The van der Waals surface area contributed by atoms with Crippen molar-refractivity contribution in [2.45, 2.75) is 26.1 Å². The maximum atomic E-state index is 12.1. The summed E-state index contributed by atoms with van der Waals surface area (Å²) in [5.74, 6) is -0.920. The summed E-state index contributed by atoms with van der Waals surface area (Å²) in [7, 11) is 0. The summed E-state index contributed by atoms with van der Waals surface area (Å²) in [4.78, 5) is 11.7. The van der Waals surface area contributed by atoms with E-state index in [1.807, 2.05) is 13.8 Å². The number of hydrogen-bond donors (Lipinski definition) is 1. The summed E-state index contributed by atoms with van der Waals surface area (Å²) < 4.78 is 40.2. The third-order valence-corrected chi connectivity index (χ3v) is 2.80. The molecule has 6 heteroatoms. The minimum Gasteiger partial charge on any atom is -0.406 e. The molecular weight excluding hydrogens is 247 g/mol. The fourth-order valence-electron chi connectivity index (χ4n) is 2.12. The molecule has 0 aromatic heterocycles. The highest BCUT2D eigenvalue weighted by Gasteiger charge is 2.35. The lowest BCUT2D eigenvalue weighted by Gasteiger charge is -2.14. The number of rotatable bonds is 2.